The van der Waals surface area contributed by atoms with Gasteiger partial charge < -0.3 is 4.90 Å². The number of benzene rings is 4. The first-order valence-electron chi connectivity index (χ1n) is 13.7. The zero-order chi connectivity index (χ0) is 26.0. The van der Waals surface area contributed by atoms with Crippen molar-refractivity contribution in [2.75, 3.05) is 4.90 Å². The van der Waals surface area contributed by atoms with Crippen LogP contribution < -0.4 is 4.90 Å². The van der Waals surface area contributed by atoms with Gasteiger partial charge in [-0.2, -0.15) is 0 Å². The van der Waals surface area contributed by atoms with Crippen LogP contribution >= 0.6 is 0 Å². The van der Waals surface area contributed by atoms with E-state index >= 15 is 0 Å². The molecule has 0 spiro atoms. The summed E-state index contributed by atoms with van der Waals surface area (Å²) in [7, 11) is 0. The van der Waals surface area contributed by atoms with Crippen molar-refractivity contribution in [3.63, 3.8) is 0 Å². The van der Waals surface area contributed by atoms with Gasteiger partial charge >= 0.3 is 0 Å². The molecule has 0 saturated heterocycles. The minimum absolute atomic E-state index is 0.397. The Hall–Kier alpha value is -4.76. The van der Waals surface area contributed by atoms with Crippen LogP contribution in [0.1, 0.15) is 18.4 Å². The molecule has 1 unspecified atom stereocenters. The highest BCUT2D eigenvalue weighted by Crippen LogP contribution is 2.43. The highest BCUT2D eigenvalue weighted by atomic mass is 15.1. The van der Waals surface area contributed by atoms with Crippen molar-refractivity contribution < 1.29 is 0 Å². The number of nitrogens with zero attached hydrogens (tertiary/aromatic N) is 3. The first-order valence-corrected chi connectivity index (χ1v) is 13.7. The summed E-state index contributed by atoms with van der Waals surface area (Å²) in [5.74, 6) is 0.397. The molecule has 0 saturated carbocycles. The van der Waals surface area contributed by atoms with E-state index in [0.29, 0.717) is 5.92 Å². The Bertz CT molecular complexity index is 1690. The predicted octanol–water partition coefficient (Wildman–Crippen LogP) is 9.52. The van der Waals surface area contributed by atoms with E-state index in [9.17, 15) is 0 Å². The molecule has 39 heavy (non-hydrogen) atoms. The third-order valence-electron chi connectivity index (χ3n) is 7.68. The summed E-state index contributed by atoms with van der Waals surface area (Å²) in [5.41, 5.74) is 10.00. The number of hydrogen-bond acceptors (Lipinski definition) is 3. The smallest absolute Gasteiger partial charge is 0.0781 e. The molecule has 5 aromatic rings. The normalized spacial score (nSPS) is 17.7. The van der Waals surface area contributed by atoms with E-state index < -0.39 is 0 Å². The molecule has 1 aliphatic carbocycles. The summed E-state index contributed by atoms with van der Waals surface area (Å²) in [6.45, 7) is 0. The summed E-state index contributed by atoms with van der Waals surface area (Å²) in [6, 6.07) is 38.3. The van der Waals surface area contributed by atoms with Crippen LogP contribution in [-0.4, -0.2) is 10.7 Å². The maximum absolute atomic E-state index is 5.28. The Morgan fingerprint density at radius 1 is 0.692 bits per heavy atom. The van der Waals surface area contributed by atoms with E-state index in [1.165, 1.54) is 11.3 Å². The number of hydrogen-bond donors (Lipinski definition) is 0. The van der Waals surface area contributed by atoms with Crippen molar-refractivity contribution in [3.8, 4) is 11.3 Å². The average Bonchev–Trinajstić information content (AvgIpc) is 2.98. The van der Waals surface area contributed by atoms with Gasteiger partial charge in [-0.15, -0.1) is 0 Å². The van der Waals surface area contributed by atoms with Crippen molar-refractivity contribution in [2.24, 2.45) is 10.9 Å². The Labute approximate surface area is 229 Å². The highest BCUT2D eigenvalue weighted by molar-refractivity contribution is 6.06. The first kappa shape index (κ1) is 23.4. The SMILES string of the molecule is C1=C\CCC2Cc3c(-c4cccc(N(c5ccccc5)c5ccccc5)c4)nc4ccccc4c3N=C2\C=C/1. The second kappa shape index (κ2) is 10.2. The zero-order valence-corrected chi connectivity index (χ0v) is 21.7. The number of anilines is 3. The lowest BCUT2D eigenvalue weighted by Crippen LogP contribution is -2.20. The molecule has 1 atom stereocenters. The van der Waals surface area contributed by atoms with E-state index in [2.05, 4.69) is 138 Å². The van der Waals surface area contributed by atoms with E-state index in [-0.39, 0.29) is 0 Å². The van der Waals surface area contributed by atoms with Crippen LogP contribution in [-0.2, 0) is 6.42 Å². The third-order valence-corrected chi connectivity index (χ3v) is 7.68. The van der Waals surface area contributed by atoms with E-state index in [0.717, 1.165) is 64.2 Å². The third kappa shape index (κ3) is 4.46. The minimum Gasteiger partial charge on any atom is -0.310 e. The predicted molar refractivity (Wildman–Crippen MR) is 164 cm³/mol. The quantitative estimate of drug-likeness (QED) is 0.244. The van der Waals surface area contributed by atoms with Crippen LogP contribution in [0.5, 0.6) is 0 Å². The van der Waals surface area contributed by atoms with Gasteiger partial charge in [0.2, 0.25) is 0 Å². The van der Waals surface area contributed by atoms with Gasteiger partial charge in [-0.25, -0.2) is 4.98 Å². The topological polar surface area (TPSA) is 28.5 Å². The fourth-order valence-electron chi connectivity index (χ4n) is 5.81. The summed E-state index contributed by atoms with van der Waals surface area (Å²) in [6.07, 6.45) is 11.8. The van der Waals surface area contributed by atoms with Crippen molar-refractivity contribution in [1.82, 2.24) is 4.98 Å². The summed E-state index contributed by atoms with van der Waals surface area (Å²) in [5, 5.41) is 1.12. The highest BCUT2D eigenvalue weighted by Gasteiger charge is 2.27. The Kier molecular flexibility index (Phi) is 6.10. The standard InChI is InChI=1S/C36H29N3/c1-2-10-22-33-26(14-5-1)25-32-35(38-34-23-12-11-21-31(34)36(32)37-33)27-15-13-20-30(24-27)39(28-16-6-3-7-17-28)29-18-8-4-9-19-29/h1-4,6-13,15-24,26H,5,14,25H2/b2-1-,22-10-. The number of allylic oxidation sites excluding steroid dienone is 4. The van der Waals surface area contributed by atoms with Gasteiger partial charge in [-0.1, -0.05) is 85.0 Å². The molecule has 0 radical (unpaired) electrons. The Balaban J connectivity index is 1.41. The molecular formula is C36H29N3. The van der Waals surface area contributed by atoms with E-state index in [4.69, 9.17) is 9.98 Å². The molecule has 3 nitrogen and oxygen atoms in total. The minimum atomic E-state index is 0.397. The molecule has 4 aromatic carbocycles. The average molecular weight is 504 g/mol. The van der Waals surface area contributed by atoms with Crippen molar-refractivity contribution in [2.45, 2.75) is 19.3 Å². The molecule has 3 heteroatoms. The summed E-state index contributed by atoms with van der Waals surface area (Å²) in [4.78, 5) is 12.9. The largest absolute Gasteiger partial charge is 0.310 e. The van der Waals surface area contributed by atoms with Gasteiger partial charge in [-0.05, 0) is 67.8 Å². The zero-order valence-electron chi connectivity index (χ0n) is 21.7. The first-order chi connectivity index (χ1) is 19.3. The number of rotatable bonds is 4. The maximum Gasteiger partial charge on any atom is 0.0781 e. The van der Waals surface area contributed by atoms with Crippen LogP contribution in [0.25, 0.3) is 22.2 Å². The molecule has 188 valence electrons. The van der Waals surface area contributed by atoms with Crippen molar-refractivity contribution in [3.05, 3.63) is 139 Å². The molecule has 0 N–H and O–H groups in total. The molecule has 0 amide bonds. The molecule has 0 fully saturated rings. The lowest BCUT2D eigenvalue weighted by atomic mass is 9.83. The number of aromatic nitrogens is 1. The van der Waals surface area contributed by atoms with E-state index in [1.807, 2.05) is 0 Å². The second-order valence-electron chi connectivity index (χ2n) is 10.2. The summed E-state index contributed by atoms with van der Waals surface area (Å²) >= 11 is 0. The van der Waals surface area contributed by atoms with Gasteiger partial charge in [0.15, 0.2) is 0 Å². The number of para-hydroxylation sites is 3. The molecular weight excluding hydrogens is 474 g/mol. The second-order valence-corrected chi connectivity index (χ2v) is 10.2. The van der Waals surface area contributed by atoms with Crippen LogP contribution in [0, 0.1) is 5.92 Å². The Morgan fingerprint density at radius 3 is 2.21 bits per heavy atom. The van der Waals surface area contributed by atoms with Crippen molar-refractivity contribution >= 4 is 39.4 Å². The summed E-state index contributed by atoms with van der Waals surface area (Å²) < 4.78 is 0. The fraction of sp³-hybridized carbons (Fsp3) is 0.111. The number of fused-ring (bicyclic) bond motifs is 4. The monoisotopic (exact) mass is 503 g/mol. The molecule has 0 bridgehead atoms. The molecule has 1 aromatic heterocycles. The van der Waals surface area contributed by atoms with Gasteiger partial charge in [0.25, 0.3) is 0 Å². The van der Waals surface area contributed by atoms with Gasteiger partial charge in [0.1, 0.15) is 0 Å². The molecule has 1 aliphatic heterocycles. The van der Waals surface area contributed by atoms with Crippen molar-refractivity contribution in [1.29, 1.82) is 0 Å². The maximum atomic E-state index is 5.28. The lowest BCUT2D eigenvalue weighted by molar-refractivity contribution is 0.624. The van der Waals surface area contributed by atoms with E-state index in [1.54, 1.807) is 0 Å². The molecule has 2 aliphatic rings. The number of aliphatic imine (C=N–C) groups is 1. The fourth-order valence-corrected chi connectivity index (χ4v) is 5.81. The molecule has 7 rings (SSSR count). The van der Waals surface area contributed by atoms with Gasteiger partial charge in [0.05, 0.1) is 16.9 Å². The molecule has 2 heterocycles. The van der Waals surface area contributed by atoms with Crippen LogP contribution in [0.3, 0.4) is 0 Å². The van der Waals surface area contributed by atoms with Gasteiger partial charge in [0, 0.05) is 45.2 Å². The van der Waals surface area contributed by atoms with Crippen LogP contribution in [0.2, 0.25) is 0 Å². The van der Waals surface area contributed by atoms with Crippen LogP contribution in [0.4, 0.5) is 22.7 Å². The van der Waals surface area contributed by atoms with Gasteiger partial charge in [-0.3, -0.25) is 4.99 Å². The lowest BCUT2D eigenvalue weighted by Gasteiger charge is -2.28. The van der Waals surface area contributed by atoms with Crippen LogP contribution in [0.15, 0.2) is 138 Å². The number of pyridine rings is 1. The Morgan fingerprint density at radius 2 is 1.41 bits per heavy atom.